The van der Waals surface area contributed by atoms with Crippen LogP contribution >= 0.6 is 40.1 Å². The molecule has 1 aromatic carbocycles. The van der Waals surface area contributed by atoms with Crippen LogP contribution in [-0.4, -0.2) is 40.8 Å². The summed E-state index contributed by atoms with van der Waals surface area (Å²) in [6, 6.07) is 7.17. The van der Waals surface area contributed by atoms with Crippen LogP contribution in [0.2, 0.25) is 0 Å². The van der Waals surface area contributed by atoms with Gasteiger partial charge in [0.25, 0.3) is 5.24 Å². The molecule has 0 spiro atoms. The number of nitrogens with one attached hydrogen (secondary N) is 1. The van der Waals surface area contributed by atoms with E-state index in [1.165, 1.54) is 0 Å². The van der Waals surface area contributed by atoms with Gasteiger partial charge in [0, 0.05) is 17.6 Å². The van der Waals surface area contributed by atoms with Gasteiger partial charge in [-0.05, 0) is 24.6 Å². The van der Waals surface area contributed by atoms with E-state index in [1.54, 1.807) is 19.1 Å². The summed E-state index contributed by atoms with van der Waals surface area (Å²) in [6.45, 7) is 1.96. The highest BCUT2D eigenvalue weighted by molar-refractivity contribution is 9.10. The first kappa shape index (κ1) is 20.0. The Hall–Kier alpha value is -1.09. The summed E-state index contributed by atoms with van der Waals surface area (Å²) in [5.74, 6) is -0.422. The molecule has 0 aromatic heterocycles. The van der Waals surface area contributed by atoms with E-state index in [2.05, 4.69) is 21.2 Å². The Balaban J connectivity index is 0.00000264. The summed E-state index contributed by atoms with van der Waals surface area (Å²) < 4.78 is 0.899. The third-order valence-corrected chi connectivity index (χ3v) is 4.76. The van der Waals surface area contributed by atoms with Crippen molar-refractivity contribution in [3.63, 3.8) is 0 Å². The van der Waals surface area contributed by atoms with Gasteiger partial charge in [-0.15, -0.1) is 12.4 Å². The SMILES string of the molecule is CC(N)(C(=O)NCCN1C(=O)CSC1=O)c1ccc(Br)cc1.Cl. The molecule has 2 rings (SSSR count). The molecule has 23 heavy (non-hydrogen) atoms. The first-order chi connectivity index (χ1) is 10.3. The number of thioether (sulfide) groups is 1. The second-order valence-corrected chi connectivity index (χ2v) is 6.91. The highest BCUT2D eigenvalue weighted by atomic mass is 79.9. The molecular formula is C14H17BrClN3O3S. The molecule has 3 amide bonds. The highest BCUT2D eigenvalue weighted by Crippen LogP contribution is 2.21. The van der Waals surface area contributed by atoms with Gasteiger partial charge in [0.15, 0.2) is 0 Å². The lowest BCUT2D eigenvalue weighted by Gasteiger charge is -2.24. The fraction of sp³-hybridized carbons (Fsp3) is 0.357. The summed E-state index contributed by atoms with van der Waals surface area (Å²) in [6.07, 6.45) is 0. The quantitative estimate of drug-likeness (QED) is 0.755. The van der Waals surface area contributed by atoms with Gasteiger partial charge >= 0.3 is 0 Å². The number of imide groups is 1. The molecule has 0 aliphatic carbocycles. The number of halogens is 2. The Morgan fingerprint density at radius 1 is 1.39 bits per heavy atom. The van der Waals surface area contributed by atoms with Crippen LogP contribution < -0.4 is 11.1 Å². The van der Waals surface area contributed by atoms with Crippen molar-refractivity contribution < 1.29 is 14.4 Å². The Morgan fingerprint density at radius 2 is 2.00 bits per heavy atom. The summed E-state index contributed by atoms with van der Waals surface area (Å²) in [4.78, 5) is 36.3. The van der Waals surface area contributed by atoms with Gasteiger partial charge in [-0.25, -0.2) is 0 Å². The second kappa shape index (κ2) is 8.14. The van der Waals surface area contributed by atoms with E-state index >= 15 is 0 Å². The topological polar surface area (TPSA) is 92.5 Å². The lowest BCUT2D eigenvalue weighted by atomic mass is 9.92. The predicted octanol–water partition coefficient (Wildman–Crippen LogP) is 1.86. The van der Waals surface area contributed by atoms with Gasteiger partial charge in [-0.3, -0.25) is 19.3 Å². The first-order valence-corrected chi connectivity index (χ1v) is 8.40. The number of nitrogens with two attached hydrogens (primary N) is 1. The van der Waals surface area contributed by atoms with Crippen molar-refractivity contribution in [1.29, 1.82) is 0 Å². The third-order valence-electron chi connectivity index (χ3n) is 3.38. The van der Waals surface area contributed by atoms with Gasteiger partial charge in [-0.1, -0.05) is 39.8 Å². The van der Waals surface area contributed by atoms with Crippen LogP contribution in [0.5, 0.6) is 0 Å². The minimum atomic E-state index is -1.19. The van der Waals surface area contributed by atoms with Crippen molar-refractivity contribution in [1.82, 2.24) is 10.2 Å². The monoisotopic (exact) mass is 421 g/mol. The Morgan fingerprint density at radius 3 is 2.52 bits per heavy atom. The average Bonchev–Trinajstić information content (AvgIpc) is 2.79. The van der Waals surface area contributed by atoms with Crippen molar-refractivity contribution in [3.05, 3.63) is 34.3 Å². The van der Waals surface area contributed by atoms with E-state index in [0.29, 0.717) is 5.56 Å². The number of hydrogen-bond acceptors (Lipinski definition) is 5. The number of hydrogen-bond donors (Lipinski definition) is 2. The van der Waals surface area contributed by atoms with Gasteiger partial charge < -0.3 is 11.1 Å². The number of benzene rings is 1. The summed E-state index contributed by atoms with van der Waals surface area (Å²) in [7, 11) is 0. The Bertz CT molecular complexity index is 594. The van der Waals surface area contributed by atoms with Crippen LogP contribution in [0.15, 0.2) is 28.7 Å². The van der Waals surface area contributed by atoms with Crippen LogP contribution in [0, 0.1) is 0 Å². The van der Waals surface area contributed by atoms with Crippen molar-refractivity contribution >= 4 is 57.2 Å². The number of nitrogens with zero attached hydrogens (tertiary/aromatic N) is 1. The van der Waals surface area contributed by atoms with E-state index in [4.69, 9.17) is 5.73 Å². The van der Waals surface area contributed by atoms with E-state index in [0.717, 1.165) is 21.1 Å². The maximum Gasteiger partial charge on any atom is 0.288 e. The molecule has 1 heterocycles. The lowest BCUT2D eigenvalue weighted by molar-refractivity contribution is -0.127. The van der Waals surface area contributed by atoms with Crippen molar-refractivity contribution in [2.75, 3.05) is 18.8 Å². The van der Waals surface area contributed by atoms with E-state index in [-0.39, 0.29) is 48.3 Å². The van der Waals surface area contributed by atoms with Crippen LogP contribution in [-0.2, 0) is 15.1 Å². The maximum atomic E-state index is 12.2. The normalized spacial score (nSPS) is 16.7. The molecule has 1 aliphatic heterocycles. The van der Waals surface area contributed by atoms with Crippen LogP contribution in [0.1, 0.15) is 12.5 Å². The molecule has 1 unspecified atom stereocenters. The number of amides is 3. The molecule has 1 fully saturated rings. The molecule has 0 saturated carbocycles. The van der Waals surface area contributed by atoms with Gasteiger partial charge in [0.05, 0.1) is 5.75 Å². The highest BCUT2D eigenvalue weighted by Gasteiger charge is 2.32. The smallest absolute Gasteiger partial charge is 0.288 e. The molecule has 6 nitrogen and oxygen atoms in total. The number of carbonyl (C=O) groups is 3. The van der Waals surface area contributed by atoms with Crippen LogP contribution in [0.3, 0.4) is 0 Å². The third kappa shape index (κ3) is 4.69. The van der Waals surface area contributed by atoms with E-state index < -0.39 is 5.54 Å². The van der Waals surface area contributed by atoms with Crippen molar-refractivity contribution in [3.8, 4) is 0 Å². The average molecular weight is 423 g/mol. The molecule has 1 saturated heterocycles. The first-order valence-electron chi connectivity index (χ1n) is 6.62. The summed E-state index contributed by atoms with van der Waals surface area (Å²) in [5, 5.41) is 2.40. The molecule has 0 bridgehead atoms. The Labute approximate surface area is 153 Å². The second-order valence-electron chi connectivity index (χ2n) is 5.07. The minimum absolute atomic E-state index is 0. The van der Waals surface area contributed by atoms with Gasteiger partial charge in [0.2, 0.25) is 11.8 Å². The van der Waals surface area contributed by atoms with Gasteiger partial charge in [0.1, 0.15) is 5.54 Å². The largest absolute Gasteiger partial charge is 0.352 e. The molecule has 0 radical (unpaired) electrons. The van der Waals surface area contributed by atoms with Crippen molar-refractivity contribution in [2.45, 2.75) is 12.5 Å². The van der Waals surface area contributed by atoms with Crippen molar-refractivity contribution in [2.24, 2.45) is 5.73 Å². The fourth-order valence-corrected chi connectivity index (χ4v) is 3.01. The molecule has 126 valence electrons. The van der Waals surface area contributed by atoms with Crippen LogP contribution in [0.4, 0.5) is 4.79 Å². The standard InChI is InChI=1S/C14H16BrN3O3S.ClH/c1-14(16,9-2-4-10(15)5-3-9)12(20)17-6-7-18-11(19)8-22-13(18)21;/h2-5H,6-8,16H2,1H3,(H,17,20);1H. The zero-order valence-electron chi connectivity index (χ0n) is 12.4. The zero-order chi connectivity index (χ0) is 16.3. The minimum Gasteiger partial charge on any atom is -0.352 e. The van der Waals surface area contributed by atoms with Gasteiger partial charge in [-0.2, -0.15) is 0 Å². The molecular weight excluding hydrogens is 406 g/mol. The molecule has 1 atom stereocenters. The molecule has 1 aliphatic rings. The van der Waals surface area contributed by atoms with E-state index in [9.17, 15) is 14.4 Å². The number of rotatable bonds is 5. The van der Waals surface area contributed by atoms with Crippen LogP contribution in [0.25, 0.3) is 0 Å². The number of carbonyl (C=O) groups excluding carboxylic acids is 3. The summed E-state index contributed by atoms with van der Waals surface area (Å²) in [5.41, 5.74) is 5.59. The lowest BCUT2D eigenvalue weighted by Crippen LogP contribution is -2.50. The maximum absolute atomic E-state index is 12.2. The zero-order valence-corrected chi connectivity index (χ0v) is 15.6. The Kier molecular flexibility index (Phi) is 7.06. The predicted molar refractivity (Wildman–Crippen MR) is 95.5 cm³/mol. The fourth-order valence-electron chi connectivity index (χ4n) is 1.99. The molecule has 1 aromatic rings. The molecule has 3 N–H and O–H groups in total. The molecule has 9 heteroatoms. The summed E-state index contributed by atoms with van der Waals surface area (Å²) >= 11 is 4.30. The van der Waals surface area contributed by atoms with E-state index in [1.807, 2.05) is 12.1 Å².